The number of halogens is 1. The Labute approximate surface area is 168 Å². The van der Waals surface area contributed by atoms with Crippen LogP contribution in [0.2, 0.25) is 5.02 Å². The van der Waals surface area contributed by atoms with E-state index in [9.17, 15) is 13.2 Å². The number of nitrogens with one attached hydrogen (secondary N) is 2. The zero-order valence-electron chi connectivity index (χ0n) is 15.2. The number of carbonyl (C=O) groups is 1. The van der Waals surface area contributed by atoms with Crippen LogP contribution in [0.3, 0.4) is 0 Å². The molecule has 7 nitrogen and oxygen atoms in total. The number of fused-ring (bicyclic) bond motifs is 1. The Hall–Kier alpha value is -2.84. The molecule has 1 aliphatic heterocycles. The summed E-state index contributed by atoms with van der Waals surface area (Å²) in [5, 5.41) is 6.44. The van der Waals surface area contributed by atoms with Gasteiger partial charge in [-0.2, -0.15) is 8.42 Å². The number of ether oxygens (including phenoxy) is 1. The molecule has 3 rings (SSSR count). The first-order valence-electron chi connectivity index (χ1n) is 8.44. The van der Waals surface area contributed by atoms with E-state index in [-0.39, 0.29) is 22.9 Å². The molecule has 1 aliphatic rings. The maximum Gasteiger partial charge on any atom is 0.343 e. The average molecular weight is 420 g/mol. The highest BCUT2D eigenvalue weighted by Gasteiger charge is 2.27. The van der Waals surface area contributed by atoms with E-state index in [1.807, 2.05) is 6.07 Å². The monoisotopic (exact) mass is 419 g/mol. The number of allylic oxidation sites excluding steroid dienone is 1. The number of para-hydroxylation sites is 2. The lowest BCUT2D eigenvalue weighted by molar-refractivity contribution is -0.137. The van der Waals surface area contributed by atoms with Crippen molar-refractivity contribution in [2.24, 2.45) is 4.40 Å². The van der Waals surface area contributed by atoms with Gasteiger partial charge >= 0.3 is 5.97 Å². The Morgan fingerprint density at radius 3 is 2.29 bits per heavy atom. The summed E-state index contributed by atoms with van der Waals surface area (Å²) in [5.41, 5.74) is 1.68. The highest BCUT2D eigenvalue weighted by Crippen LogP contribution is 2.29. The summed E-state index contributed by atoms with van der Waals surface area (Å²) in [6.07, 6.45) is 0. The van der Waals surface area contributed by atoms with E-state index in [1.54, 1.807) is 32.0 Å². The van der Waals surface area contributed by atoms with Crippen LogP contribution in [0.1, 0.15) is 13.8 Å². The Morgan fingerprint density at radius 1 is 1.07 bits per heavy atom. The van der Waals surface area contributed by atoms with E-state index >= 15 is 0 Å². The number of benzene rings is 2. The summed E-state index contributed by atoms with van der Waals surface area (Å²) in [4.78, 5) is 12.5. The van der Waals surface area contributed by atoms with Crippen molar-refractivity contribution < 1.29 is 17.9 Å². The van der Waals surface area contributed by atoms with Crippen molar-refractivity contribution in [2.75, 3.05) is 17.2 Å². The molecule has 0 bridgehead atoms. The van der Waals surface area contributed by atoms with Gasteiger partial charge in [-0.15, -0.1) is 4.40 Å². The van der Waals surface area contributed by atoms with Gasteiger partial charge in [0.15, 0.2) is 5.84 Å². The number of esters is 1. The van der Waals surface area contributed by atoms with Crippen molar-refractivity contribution in [1.82, 2.24) is 0 Å². The molecular formula is C19H18ClN3O4S. The molecule has 2 N–H and O–H groups in total. The van der Waals surface area contributed by atoms with E-state index in [0.717, 1.165) is 0 Å². The first-order valence-corrected chi connectivity index (χ1v) is 10.3. The first kappa shape index (κ1) is 19.9. The highest BCUT2D eigenvalue weighted by molar-refractivity contribution is 7.90. The minimum atomic E-state index is -4.10. The Bertz CT molecular complexity index is 1080. The predicted molar refractivity (Wildman–Crippen MR) is 109 cm³/mol. The van der Waals surface area contributed by atoms with Crippen molar-refractivity contribution in [2.45, 2.75) is 18.7 Å². The molecule has 0 fully saturated rings. The summed E-state index contributed by atoms with van der Waals surface area (Å²) in [6.45, 7) is 3.46. The predicted octanol–water partition coefficient (Wildman–Crippen LogP) is 3.80. The standard InChI is InChI=1S/C19H18ClN3O4S/c1-3-27-19(24)17-12(2)21-15-6-4-5-7-16(15)22-18(17)23-28(25,26)14-10-8-13(20)9-11-14/h4-11,21H,3H2,1-2H3,(H,22,23). The van der Waals surface area contributed by atoms with Crippen LogP contribution >= 0.6 is 11.6 Å². The molecule has 0 spiro atoms. The van der Waals surface area contributed by atoms with Gasteiger partial charge in [0.1, 0.15) is 5.57 Å². The van der Waals surface area contributed by atoms with E-state index in [0.29, 0.717) is 22.1 Å². The third-order valence-electron chi connectivity index (χ3n) is 3.92. The molecular weight excluding hydrogens is 402 g/mol. The Kier molecular flexibility index (Phi) is 5.71. The normalized spacial score (nSPS) is 15.3. The summed E-state index contributed by atoms with van der Waals surface area (Å²) in [5.74, 6) is -0.804. The lowest BCUT2D eigenvalue weighted by Crippen LogP contribution is -2.25. The van der Waals surface area contributed by atoms with Crippen LogP contribution in [0.5, 0.6) is 0 Å². The van der Waals surface area contributed by atoms with Gasteiger partial charge in [-0.1, -0.05) is 23.7 Å². The summed E-state index contributed by atoms with van der Waals surface area (Å²) in [6, 6.07) is 12.8. The molecule has 0 saturated carbocycles. The SMILES string of the molecule is CCOC(=O)C1=C(C)Nc2ccccc2N/C1=N\S(=O)(=O)c1ccc(Cl)cc1. The molecule has 2 aromatic rings. The summed E-state index contributed by atoms with van der Waals surface area (Å²) >= 11 is 5.83. The molecule has 9 heteroatoms. The van der Waals surface area contributed by atoms with Crippen molar-refractivity contribution in [3.63, 3.8) is 0 Å². The van der Waals surface area contributed by atoms with Gasteiger partial charge < -0.3 is 15.4 Å². The number of amidine groups is 1. The Morgan fingerprint density at radius 2 is 1.68 bits per heavy atom. The molecule has 0 atom stereocenters. The number of carbonyl (C=O) groups excluding carboxylic acids is 1. The molecule has 2 aromatic carbocycles. The number of rotatable bonds is 4. The molecule has 0 aliphatic carbocycles. The number of sulfonamides is 1. The molecule has 0 amide bonds. The lowest BCUT2D eigenvalue weighted by atomic mass is 10.2. The van der Waals surface area contributed by atoms with E-state index in [1.165, 1.54) is 24.3 Å². The van der Waals surface area contributed by atoms with Crippen molar-refractivity contribution in [3.8, 4) is 0 Å². The molecule has 0 aromatic heterocycles. The topological polar surface area (TPSA) is 96.9 Å². The van der Waals surface area contributed by atoms with Gasteiger partial charge in [-0.05, 0) is 50.2 Å². The van der Waals surface area contributed by atoms with Gasteiger partial charge in [-0.3, -0.25) is 0 Å². The van der Waals surface area contributed by atoms with Crippen LogP contribution in [0.25, 0.3) is 0 Å². The Balaban J connectivity index is 2.15. The fourth-order valence-electron chi connectivity index (χ4n) is 2.63. The van der Waals surface area contributed by atoms with Crippen molar-refractivity contribution in [1.29, 1.82) is 0 Å². The number of hydrogen-bond donors (Lipinski definition) is 2. The zero-order chi connectivity index (χ0) is 20.3. The quantitative estimate of drug-likeness (QED) is 0.731. The van der Waals surface area contributed by atoms with Crippen LogP contribution < -0.4 is 10.6 Å². The molecule has 0 radical (unpaired) electrons. The number of hydrogen-bond acceptors (Lipinski definition) is 5. The minimum absolute atomic E-state index is 0.00980. The van der Waals surface area contributed by atoms with Gasteiger partial charge in [0.25, 0.3) is 10.0 Å². The second-order valence-corrected chi connectivity index (χ2v) is 7.93. The van der Waals surface area contributed by atoms with E-state index in [2.05, 4.69) is 15.0 Å². The fourth-order valence-corrected chi connectivity index (χ4v) is 3.72. The van der Waals surface area contributed by atoms with Crippen molar-refractivity contribution in [3.05, 3.63) is 64.8 Å². The second-order valence-electron chi connectivity index (χ2n) is 5.88. The molecule has 28 heavy (non-hydrogen) atoms. The lowest BCUT2D eigenvalue weighted by Gasteiger charge is -2.12. The summed E-state index contributed by atoms with van der Waals surface area (Å²) in [7, 11) is -4.10. The fraction of sp³-hybridized carbons (Fsp3) is 0.158. The van der Waals surface area contributed by atoms with Crippen LogP contribution in [-0.2, 0) is 19.6 Å². The average Bonchev–Trinajstić information content (AvgIpc) is 2.77. The smallest absolute Gasteiger partial charge is 0.343 e. The highest BCUT2D eigenvalue weighted by atomic mass is 35.5. The van der Waals surface area contributed by atoms with Crippen LogP contribution in [0, 0.1) is 0 Å². The van der Waals surface area contributed by atoms with Gasteiger partial charge in [0.05, 0.1) is 22.9 Å². The second kappa shape index (κ2) is 8.04. The zero-order valence-corrected chi connectivity index (χ0v) is 16.8. The van der Waals surface area contributed by atoms with E-state index < -0.39 is 16.0 Å². The number of nitrogens with zero attached hydrogens (tertiary/aromatic N) is 1. The maximum absolute atomic E-state index is 12.8. The molecule has 146 valence electrons. The van der Waals surface area contributed by atoms with Crippen LogP contribution in [-0.4, -0.2) is 26.8 Å². The maximum atomic E-state index is 12.8. The third-order valence-corrected chi connectivity index (χ3v) is 5.46. The van der Waals surface area contributed by atoms with Gasteiger partial charge in [-0.25, -0.2) is 4.79 Å². The molecule has 1 heterocycles. The third kappa shape index (κ3) is 4.18. The molecule has 0 saturated heterocycles. The van der Waals surface area contributed by atoms with Crippen LogP contribution in [0.4, 0.5) is 11.4 Å². The number of anilines is 2. The van der Waals surface area contributed by atoms with Crippen LogP contribution in [0.15, 0.2) is 69.1 Å². The summed E-state index contributed by atoms with van der Waals surface area (Å²) < 4.78 is 34.6. The van der Waals surface area contributed by atoms with Gasteiger partial charge in [0, 0.05) is 10.7 Å². The van der Waals surface area contributed by atoms with Gasteiger partial charge in [0.2, 0.25) is 0 Å². The first-order chi connectivity index (χ1) is 13.3. The van der Waals surface area contributed by atoms with E-state index in [4.69, 9.17) is 16.3 Å². The molecule has 0 unspecified atom stereocenters. The largest absolute Gasteiger partial charge is 0.462 e. The van der Waals surface area contributed by atoms with Crippen molar-refractivity contribution >= 4 is 44.8 Å². The minimum Gasteiger partial charge on any atom is -0.462 e.